The Kier molecular flexibility index (Phi) is 1.81. The van der Waals surface area contributed by atoms with E-state index in [-0.39, 0.29) is 6.61 Å². The molecule has 0 aromatic rings. The van der Waals surface area contributed by atoms with Crippen molar-refractivity contribution in [2.75, 3.05) is 13.2 Å². The normalized spacial score (nSPS) is 38.2. The van der Waals surface area contributed by atoms with Gasteiger partial charge < -0.3 is 9.84 Å². The molecule has 0 aromatic heterocycles. The minimum atomic E-state index is -0.944. The maximum absolute atomic E-state index is 12.3. The van der Waals surface area contributed by atoms with Gasteiger partial charge in [0, 0.05) is 6.42 Å². The molecule has 1 saturated heterocycles. The Morgan fingerprint density at radius 3 is 2.75 bits per heavy atom. The smallest absolute Gasteiger partial charge is 0.131 e. The molecule has 0 saturated carbocycles. The monoisotopic (exact) mass is 120 g/mol. The number of ether oxygens (including phenoxy) is 1. The van der Waals surface area contributed by atoms with Gasteiger partial charge in [-0.3, -0.25) is 0 Å². The summed E-state index contributed by atoms with van der Waals surface area (Å²) in [4.78, 5) is 0. The lowest BCUT2D eigenvalue weighted by Crippen LogP contribution is -2.20. The summed E-state index contributed by atoms with van der Waals surface area (Å²) in [7, 11) is 0. The van der Waals surface area contributed by atoms with Crippen LogP contribution in [0.4, 0.5) is 4.39 Å². The topological polar surface area (TPSA) is 29.5 Å². The largest absolute Gasteiger partial charge is 0.394 e. The molecular formula is C5H9FO2. The summed E-state index contributed by atoms with van der Waals surface area (Å²) >= 11 is 0. The number of aliphatic hydroxyl groups excluding tert-OH is 1. The lowest BCUT2D eigenvalue weighted by molar-refractivity contribution is 0.0305. The summed E-state index contributed by atoms with van der Waals surface area (Å²) in [5.74, 6) is 0. The predicted octanol–water partition coefficient (Wildman–Crippen LogP) is 0.106. The molecule has 0 amide bonds. The summed E-state index contributed by atoms with van der Waals surface area (Å²) in [5, 5.41) is 8.37. The quantitative estimate of drug-likeness (QED) is 0.532. The number of hydrogen-bond donors (Lipinski definition) is 1. The van der Waals surface area contributed by atoms with Gasteiger partial charge in [-0.05, 0) is 0 Å². The van der Waals surface area contributed by atoms with Gasteiger partial charge in [0.25, 0.3) is 0 Å². The van der Waals surface area contributed by atoms with Crippen molar-refractivity contribution in [3.8, 4) is 0 Å². The molecule has 3 heteroatoms. The van der Waals surface area contributed by atoms with E-state index in [4.69, 9.17) is 9.84 Å². The van der Waals surface area contributed by atoms with Crippen molar-refractivity contribution in [2.24, 2.45) is 0 Å². The Labute approximate surface area is 47.3 Å². The third-order valence-electron chi connectivity index (χ3n) is 1.31. The number of aliphatic hydroxyl groups is 1. The molecule has 0 aromatic carbocycles. The van der Waals surface area contributed by atoms with Gasteiger partial charge in [-0.2, -0.15) is 0 Å². The van der Waals surface area contributed by atoms with E-state index in [1.54, 1.807) is 0 Å². The Bertz CT molecular complexity index is 76.8. The highest BCUT2D eigenvalue weighted by Gasteiger charge is 2.26. The molecule has 1 heterocycles. The van der Waals surface area contributed by atoms with E-state index >= 15 is 0 Å². The highest BCUT2D eigenvalue weighted by molar-refractivity contribution is 4.73. The van der Waals surface area contributed by atoms with Gasteiger partial charge in [0.05, 0.1) is 13.2 Å². The first-order valence-corrected chi connectivity index (χ1v) is 2.71. The van der Waals surface area contributed by atoms with Crippen molar-refractivity contribution < 1.29 is 14.2 Å². The van der Waals surface area contributed by atoms with Crippen molar-refractivity contribution in [1.29, 1.82) is 0 Å². The summed E-state index contributed by atoms with van der Waals surface area (Å²) in [5.41, 5.74) is 0. The molecule has 2 nitrogen and oxygen atoms in total. The Morgan fingerprint density at radius 2 is 2.50 bits per heavy atom. The minimum absolute atomic E-state index is 0.193. The number of halogens is 1. The van der Waals surface area contributed by atoms with E-state index in [2.05, 4.69) is 0 Å². The Balaban J connectivity index is 2.30. The molecular weight excluding hydrogens is 111 g/mol. The molecule has 2 unspecified atom stereocenters. The molecule has 0 aliphatic carbocycles. The standard InChI is InChI=1S/C5H9FO2/c6-4-1-2-8-5(4)3-7/h4-5,7H,1-3H2. The first kappa shape index (κ1) is 5.98. The number of alkyl halides is 1. The average molecular weight is 120 g/mol. The van der Waals surface area contributed by atoms with Crippen LogP contribution < -0.4 is 0 Å². The van der Waals surface area contributed by atoms with Crippen LogP contribution in [0, 0.1) is 0 Å². The van der Waals surface area contributed by atoms with Crippen LogP contribution in [0.1, 0.15) is 6.42 Å². The van der Waals surface area contributed by atoms with Crippen LogP contribution in [-0.2, 0) is 4.74 Å². The number of hydrogen-bond acceptors (Lipinski definition) is 2. The molecule has 1 aliphatic rings. The summed E-state index contributed by atoms with van der Waals surface area (Å²) in [6.45, 7) is 0.258. The van der Waals surface area contributed by atoms with E-state index < -0.39 is 12.3 Å². The van der Waals surface area contributed by atoms with Gasteiger partial charge in [-0.25, -0.2) is 4.39 Å². The second-order valence-corrected chi connectivity index (χ2v) is 1.90. The SMILES string of the molecule is OCC1OCCC1F. The third kappa shape index (κ3) is 0.980. The second-order valence-electron chi connectivity index (χ2n) is 1.90. The maximum Gasteiger partial charge on any atom is 0.131 e. The highest BCUT2D eigenvalue weighted by Crippen LogP contribution is 2.15. The zero-order valence-corrected chi connectivity index (χ0v) is 4.51. The van der Waals surface area contributed by atoms with Gasteiger partial charge in [0.1, 0.15) is 12.3 Å². The van der Waals surface area contributed by atoms with Gasteiger partial charge in [-0.1, -0.05) is 0 Å². The molecule has 8 heavy (non-hydrogen) atoms. The summed E-state index contributed by atoms with van der Waals surface area (Å²) in [6.07, 6.45) is -1.06. The molecule has 0 spiro atoms. The average Bonchev–Trinajstić information content (AvgIpc) is 2.14. The van der Waals surface area contributed by atoms with Crippen LogP contribution in [0.25, 0.3) is 0 Å². The van der Waals surface area contributed by atoms with E-state index in [9.17, 15) is 4.39 Å². The molecule has 1 rings (SSSR count). The predicted molar refractivity (Wildman–Crippen MR) is 26.3 cm³/mol. The lowest BCUT2D eigenvalue weighted by atomic mass is 10.2. The maximum atomic E-state index is 12.3. The fraction of sp³-hybridized carbons (Fsp3) is 1.00. The van der Waals surface area contributed by atoms with Crippen LogP contribution in [0.2, 0.25) is 0 Å². The van der Waals surface area contributed by atoms with Crippen LogP contribution in [0.3, 0.4) is 0 Å². The molecule has 1 fully saturated rings. The molecule has 2 atom stereocenters. The van der Waals surface area contributed by atoms with Crippen molar-refractivity contribution in [3.63, 3.8) is 0 Å². The first-order valence-electron chi connectivity index (χ1n) is 2.71. The Morgan fingerprint density at radius 1 is 1.75 bits per heavy atom. The molecule has 1 aliphatic heterocycles. The van der Waals surface area contributed by atoms with Crippen LogP contribution in [-0.4, -0.2) is 30.6 Å². The van der Waals surface area contributed by atoms with Crippen molar-refractivity contribution >= 4 is 0 Å². The second kappa shape index (κ2) is 2.42. The summed E-state index contributed by atoms with van der Waals surface area (Å²) in [6, 6.07) is 0. The van der Waals surface area contributed by atoms with Gasteiger partial charge in [0.2, 0.25) is 0 Å². The zero-order chi connectivity index (χ0) is 5.98. The fourth-order valence-electron chi connectivity index (χ4n) is 0.789. The first-order chi connectivity index (χ1) is 3.84. The Hall–Kier alpha value is -0.150. The zero-order valence-electron chi connectivity index (χ0n) is 4.51. The van der Waals surface area contributed by atoms with E-state index in [1.807, 2.05) is 0 Å². The van der Waals surface area contributed by atoms with Crippen molar-refractivity contribution in [2.45, 2.75) is 18.7 Å². The fourth-order valence-corrected chi connectivity index (χ4v) is 0.789. The van der Waals surface area contributed by atoms with Crippen molar-refractivity contribution in [3.05, 3.63) is 0 Å². The van der Waals surface area contributed by atoms with Gasteiger partial charge in [-0.15, -0.1) is 0 Å². The van der Waals surface area contributed by atoms with Gasteiger partial charge >= 0.3 is 0 Å². The molecule has 1 N–H and O–H groups in total. The van der Waals surface area contributed by atoms with Crippen LogP contribution >= 0.6 is 0 Å². The summed E-state index contributed by atoms with van der Waals surface area (Å²) < 4.78 is 17.1. The lowest BCUT2D eigenvalue weighted by Gasteiger charge is -2.05. The number of rotatable bonds is 1. The highest BCUT2D eigenvalue weighted by atomic mass is 19.1. The molecule has 48 valence electrons. The van der Waals surface area contributed by atoms with Gasteiger partial charge in [0.15, 0.2) is 0 Å². The van der Waals surface area contributed by atoms with E-state index in [0.717, 1.165) is 0 Å². The van der Waals surface area contributed by atoms with E-state index in [0.29, 0.717) is 13.0 Å². The van der Waals surface area contributed by atoms with Crippen LogP contribution in [0.15, 0.2) is 0 Å². The third-order valence-corrected chi connectivity index (χ3v) is 1.31. The molecule has 0 radical (unpaired) electrons. The van der Waals surface area contributed by atoms with E-state index in [1.165, 1.54) is 0 Å². The molecule has 0 bridgehead atoms. The van der Waals surface area contributed by atoms with Crippen molar-refractivity contribution in [1.82, 2.24) is 0 Å². The van der Waals surface area contributed by atoms with Crippen LogP contribution in [0.5, 0.6) is 0 Å². The minimum Gasteiger partial charge on any atom is -0.394 e.